The van der Waals surface area contributed by atoms with Crippen LogP contribution in [0.3, 0.4) is 0 Å². The van der Waals surface area contributed by atoms with Gasteiger partial charge in [-0.2, -0.15) is 0 Å². The van der Waals surface area contributed by atoms with Gasteiger partial charge in [0, 0.05) is 17.7 Å². The van der Waals surface area contributed by atoms with Crippen molar-refractivity contribution in [2.75, 3.05) is 0 Å². The maximum Gasteiger partial charge on any atom is 0.336 e. The maximum atomic E-state index is 14.1. The highest BCUT2D eigenvalue weighted by Gasteiger charge is 2.20. The summed E-state index contributed by atoms with van der Waals surface area (Å²) < 4.78 is 32.6. The smallest absolute Gasteiger partial charge is 0.336 e. The molecular formula is C23H15ClF2O3. The fraction of sp³-hybridized carbons (Fsp3) is 0.0435. The monoisotopic (exact) mass is 412 g/mol. The first-order valence-electron chi connectivity index (χ1n) is 8.66. The number of halogens is 3. The van der Waals surface area contributed by atoms with Crippen molar-refractivity contribution >= 4 is 34.5 Å². The van der Waals surface area contributed by atoms with E-state index in [0.717, 1.165) is 17.7 Å². The van der Waals surface area contributed by atoms with Gasteiger partial charge in [0.1, 0.15) is 17.4 Å². The molecule has 1 aliphatic rings. The number of hydrogen-bond acceptors (Lipinski definition) is 3. The maximum absolute atomic E-state index is 14.1. The van der Waals surface area contributed by atoms with Gasteiger partial charge < -0.3 is 4.74 Å². The van der Waals surface area contributed by atoms with E-state index in [9.17, 15) is 18.4 Å². The Kier molecular flexibility index (Phi) is 6.52. The highest BCUT2D eigenvalue weighted by atomic mass is 35.5. The minimum Gasteiger partial charge on any atom is -0.423 e. The molecule has 0 aromatic heterocycles. The molecule has 146 valence electrons. The first kappa shape index (κ1) is 20.4. The summed E-state index contributed by atoms with van der Waals surface area (Å²) in [7, 11) is 0. The summed E-state index contributed by atoms with van der Waals surface area (Å²) in [6, 6.07) is 12.3. The van der Waals surface area contributed by atoms with Crippen molar-refractivity contribution in [2.24, 2.45) is 0 Å². The van der Waals surface area contributed by atoms with E-state index in [-0.39, 0.29) is 23.3 Å². The van der Waals surface area contributed by atoms with Crippen LogP contribution < -0.4 is 0 Å². The van der Waals surface area contributed by atoms with Crippen LogP contribution in [-0.4, -0.2) is 11.2 Å². The van der Waals surface area contributed by atoms with Gasteiger partial charge in [-0.1, -0.05) is 36.4 Å². The Hall–Kier alpha value is -3.31. The number of hydrogen-bond donors (Lipinski definition) is 0. The molecule has 0 atom stereocenters. The van der Waals surface area contributed by atoms with Crippen LogP contribution in [0, 0.1) is 11.6 Å². The Morgan fingerprint density at radius 3 is 2.48 bits per heavy atom. The van der Waals surface area contributed by atoms with Crippen LogP contribution >= 0.6 is 11.6 Å². The van der Waals surface area contributed by atoms with Crippen LogP contribution in [0.2, 0.25) is 0 Å². The van der Waals surface area contributed by atoms with Crippen LogP contribution in [0.1, 0.15) is 17.5 Å². The van der Waals surface area contributed by atoms with E-state index in [1.165, 1.54) is 24.3 Å². The summed E-state index contributed by atoms with van der Waals surface area (Å²) in [4.78, 5) is 24.1. The number of ether oxygens (including phenoxy) is 1. The fourth-order valence-corrected chi connectivity index (χ4v) is 2.87. The Balaban J connectivity index is 1.83. The average molecular weight is 413 g/mol. The highest BCUT2D eigenvalue weighted by Crippen LogP contribution is 2.29. The van der Waals surface area contributed by atoms with Gasteiger partial charge in [-0.25, -0.2) is 13.6 Å². The molecule has 1 aliphatic carbocycles. The van der Waals surface area contributed by atoms with Crippen LogP contribution in [0.15, 0.2) is 84.2 Å². The summed E-state index contributed by atoms with van der Waals surface area (Å²) in [6.07, 6.45) is 7.49. The van der Waals surface area contributed by atoms with E-state index in [4.69, 9.17) is 16.3 Å². The zero-order chi connectivity index (χ0) is 20.8. The lowest BCUT2D eigenvalue weighted by molar-refractivity contribution is -0.133. The summed E-state index contributed by atoms with van der Waals surface area (Å²) in [6.45, 7) is 0. The van der Waals surface area contributed by atoms with Crippen molar-refractivity contribution in [3.8, 4) is 0 Å². The third kappa shape index (κ3) is 5.36. The Morgan fingerprint density at radius 2 is 1.79 bits per heavy atom. The SMILES string of the molecule is O=C(/C=C/c1ccccc1)OC1=CCC=C(c2ccc(F)cc2F)C=C1C(=O)Cl. The molecule has 0 fully saturated rings. The van der Waals surface area contributed by atoms with E-state index in [1.54, 1.807) is 12.2 Å². The van der Waals surface area contributed by atoms with Crippen LogP contribution in [-0.2, 0) is 14.3 Å². The van der Waals surface area contributed by atoms with Gasteiger partial charge in [-0.3, -0.25) is 4.79 Å². The van der Waals surface area contributed by atoms with E-state index in [1.807, 2.05) is 30.3 Å². The van der Waals surface area contributed by atoms with Crippen LogP contribution in [0.5, 0.6) is 0 Å². The predicted molar refractivity (Wildman–Crippen MR) is 108 cm³/mol. The molecule has 3 nitrogen and oxygen atoms in total. The standard InChI is InChI=1S/C23H15ClF2O3/c24-23(28)19-13-16(18-11-10-17(25)14-20(18)26)7-4-8-21(19)29-22(27)12-9-15-5-2-1-3-6-15/h1-3,5-14H,4H2/b12-9+. The van der Waals surface area contributed by atoms with Crippen LogP contribution in [0.4, 0.5) is 8.78 Å². The van der Waals surface area contributed by atoms with Gasteiger partial charge in [0.2, 0.25) is 0 Å². The molecule has 0 N–H and O–H groups in total. The van der Waals surface area contributed by atoms with Crippen molar-refractivity contribution in [1.82, 2.24) is 0 Å². The van der Waals surface area contributed by atoms with Gasteiger partial charge in [0.15, 0.2) is 0 Å². The van der Waals surface area contributed by atoms with Crippen molar-refractivity contribution in [2.45, 2.75) is 6.42 Å². The second-order valence-electron chi connectivity index (χ2n) is 6.08. The second-order valence-corrected chi connectivity index (χ2v) is 6.43. The van der Waals surface area contributed by atoms with Gasteiger partial charge in [-0.15, -0.1) is 0 Å². The molecule has 2 aromatic carbocycles. The first-order chi connectivity index (χ1) is 13.9. The molecule has 0 unspecified atom stereocenters. The Morgan fingerprint density at radius 1 is 1.03 bits per heavy atom. The highest BCUT2D eigenvalue weighted by molar-refractivity contribution is 6.68. The van der Waals surface area contributed by atoms with E-state index >= 15 is 0 Å². The molecule has 0 saturated carbocycles. The van der Waals surface area contributed by atoms with Gasteiger partial charge in [0.25, 0.3) is 5.24 Å². The van der Waals surface area contributed by atoms with E-state index in [2.05, 4.69) is 0 Å². The molecule has 0 heterocycles. The van der Waals surface area contributed by atoms with Crippen molar-refractivity contribution in [3.05, 3.63) is 107 Å². The third-order valence-corrected chi connectivity index (χ3v) is 4.29. The number of allylic oxidation sites excluding steroid dienone is 5. The fourth-order valence-electron chi connectivity index (χ4n) is 2.72. The van der Waals surface area contributed by atoms with Gasteiger partial charge >= 0.3 is 5.97 Å². The molecule has 0 amide bonds. The summed E-state index contributed by atoms with van der Waals surface area (Å²) in [5.41, 5.74) is 1.14. The molecule has 0 aliphatic heterocycles. The number of benzene rings is 2. The summed E-state index contributed by atoms with van der Waals surface area (Å²) in [5.74, 6) is -2.21. The number of rotatable bonds is 5. The topological polar surface area (TPSA) is 43.4 Å². The molecule has 3 rings (SSSR count). The lowest BCUT2D eigenvalue weighted by atomic mass is 10.0. The zero-order valence-electron chi connectivity index (χ0n) is 15.1. The van der Waals surface area contributed by atoms with Crippen molar-refractivity contribution in [1.29, 1.82) is 0 Å². The minimum atomic E-state index is -0.869. The lowest BCUT2D eigenvalue weighted by Gasteiger charge is -2.08. The molecule has 0 radical (unpaired) electrons. The molecule has 0 saturated heterocycles. The van der Waals surface area contributed by atoms with Crippen molar-refractivity contribution < 1.29 is 23.1 Å². The largest absolute Gasteiger partial charge is 0.423 e. The first-order valence-corrected chi connectivity index (χ1v) is 9.04. The molecule has 2 aromatic rings. The number of esters is 1. The molecule has 0 bridgehead atoms. The van der Waals surface area contributed by atoms with E-state index in [0.29, 0.717) is 5.57 Å². The van der Waals surface area contributed by atoms with E-state index < -0.39 is 22.8 Å². The Bertz CT molecular complexity index is 1070. The number of carbonyl (C=O) groups excluding carboxylic acids is 2. The van der Waals surface area contributed by atoms with Gasteiger partial charge in [-0.05, 0) is 59.5 Å². The summed E-state index contributed by atoms with van der Waals surface area (Å²) >= 11 is 5.66. The summed E-state index contributed by atoms with van der Waals surface area (Å²) in [5, 5.41) is -0.869. The second kappa shape index (κ2) is 9.26. The number of carbonyl (C=O) groups is 2. The predicted octanol–water partition coefficient (Wildman–Crippen LogP) is 5.58. The molecule has 29 heavy (non-hydrogen) atoms. The van der Waals surface area contributed by atoms with Crippen LogP contribution in [0.25, 0.3) is 11.6 Å². The molecule has 6 heteroatoms. The average Bonchev–Trinajstić information content (AvgIpc) is 2.90. The lowest BCUT2D eigenvalue weighted by Crippen LogP contribution is -2.07. The molecule has 0 spiro atoms. The minimum absolute atomic E-state index is 0.0264. The van der Waals surface area contributed by atoms with Gasteiger partial charge in [0.05, 0.1) is 5.57 Å². The zero-order valence-corrected chi connectivity index (χ0v) is 15.8. The Labute approximate surface area is 171 Å². The normalized spacial score (nSPS) is 14.0. The third-order valence-electron chi connectivity index (χ3n) is 4.08. The van der Waals surface area contributed by atoms with Crippen molar-refractivity contribution in [3.63, 3.8) is 0 Å². The molecular weight excluding hydrogens is 398 g/mol. The quantitative estimate of drug-likeness (QED) is 0.365.